The van der Waals surface area contributed by atoms with E-state index in [1.165, 1.54) is 10.6 Å². The van der Waals surface area contributed by atoms with Crippen molar-refractivity contribution in [3.8, 4) is 0 Å². The molecule has 0 aliphatic carbocycles. The molecular formula is C16H17BOP. The maximum atomic E-state index is 5.09. The smallest absolute Gasteiger partial charge is 0.0647 e. The van der Waals surface area contributed by atoms with Gasteiger partial charge in [0, 0.05) is 15.5 Å². The lowest BCUT2D eigenvalue weighted by Gasteiger charge is -2.14. The zero-order chi connectivity index (χ0) is 12.6. The topological polar surface area (TPSA) is 9.23 Å². The van der Waals surface area contributed by atoms with Crippen LogP contribution in [0.5, 0.6) is 0 Å². The van der Waals surface area contributed by atoms with Crippen molar-refractivity contribution >= 4 is 26.9 Å². The molecule has 19 heavy (non-hydrogen) atoms. The summed E-state index contributed by atoms with van der Waals surface area (Å²) in [5, 5.41) is 2.73. The van der Waals surface area contributed by atoms with Crippen molar-refractivity contribution in [3.63, 3.8) is 0 Å². The molecule has 0 amide bonds. The van der Waals surface area contributed by atoms with Gasteiger partial charge in [0.2, 0.25) is 0 Å². The summed E-state index contributed by atoms with van der Waals surface area (Å²) in [5.74, 6) is 2.27. The van der Waals surface area contributed by atoms with Gasteiger partial charge in [-0.1, -0.05) is 72.6 Å². The maximum Gasteiger partial charge on any atom is 0.0647 e. The van der Waals surface area contributed by atoms with E-state index >= 15 is 0 Å². The van der Waals surface area contributed by atoms with Gasteiger partial charge in [-0.3, -0.25) is 0 Å². The Morgan fingerprint density at radius 3 is 1.79 bits per heavy atom. The molecule has 0 bridgehead atoms. The average molecular weight is 267 g/mol. The number of ether oxygens (including phenoxy) is 1. The van der Waals surface area contributed by atoms with Crippen LogP contribution in [-0.2, 0) is 4.74 Å². The highest BCUT2D eigenvalue weighted by molar-refractivity contribution is 7.75. The van der Waals surface area contributed by atoms with Gasteiger partial charge in [0.05, 0.1) is 6.61 Å². The van der Waals surface area contributed by atoms with Crippen LogP contribution in [-0.4, -0.2) is 22.1 Å². The summed E-state index contributed by atoms with van der Waals surface area (Å²) in [6.07, 6.45) is 2.10. The Morgan fingerprint density at radius 1 is 0.895 bits per heavy atom. The number of hydrogen-bond acceptors (Lipinski definition) is 1. The number of hydrogen-bond donors (Lipinski definition) is 0. The molecule has 0 unspecified atom stereocenters. The zero-order valence-electron chi connectivity index (χ0n) is 11.1. The fourth-order valence-corrected chi connectivity index (χ4v) is 3.67. The highest BCUT2D eigenvalue weighted by atomic mass is 31.1. The van der Waals surface area contributed by atoms with Crippen molar-refractivity contribution in [2.75, 3.05) is 13.7 Å². The maximum absolute atomic E-state index is 5.09. The molecule has 0 aliphatic heterocycles. The van der Waals surface area contributed by atoms with Gasteiger partial charge in [-0.25, -0.2) is 0 Å². The molecule has 0 atom stereocenters. The second kappa shape index (κ2) is 8.69. The molecule has 0 heterocycles. The third kappa shape index (κ3) is 4.67. The van der Waals surface area contributed by atoms with Crippen LogP contribution in [0.1, 0.15) is 0 Å². The van der Waals surface area contributed by atoms with Crippen LogP contribution in [0.3, 0.4) is 0 Å². The van der Waals surface area contributed by atoms with E-state index in [0.717, 1.165) is 0 Å². The molecule has 3 radical (unpaired) electrons. The van der Waals surface area contributed by atoms with Crippen LogP contribution >= 0.6 is 7.92 Å². The molecule has 2 aromatic carbocycles. The van der Waals surface area contributed by atoms with Crippen molar-refractivity contribution < 1.29 is 4.74 Å². The lowest BCUT2D eigenvalue weighted by Crippen LogP contribution is -2.09. The second-order valence-corrected chi connectivity index (χ2v) is 5.95. The zero-order valence-corrected chi connectivity index (χ0v) is 12.0. The first-order valence-corrected chi connectivity index (χ1v) is 7.38. The average Bonchev–Trinajstić information content (AvgIpc) is 2.46. The second-order valence-electron chi connectivity index (χ2n) is 3.88. The summed E-state index contributed by atoms with van der Waals surface area (Å²) in [4.78, 5) is 0. The van der Waals surface area contributed by atoms with Crippen molar-refractivity contribution in [2.45, 2.75) is 0 Å². The Bertz CT molecular complexity index is 445. The Balaban J connectivity index is 0.00000180. The summed E-state index contributed by atoms with van der Waals surface area (Å²) in [5.41, 5.74) is 0. The van der Waals surface area contributed by atoms with E-state index in [1.807, 2.05) is 0 Å². The molecule has 0 fully saturated rings. The van der Waals surface area contributed by atoms with Gasteiger partial charge in [0.25, 0.3) is 0 Å². The lowest BCUT2D eigenvalue weighted by molar-refractivity contribution is 0.234. The Morgan fingerprint density at radius 2 is 1.37 bits per heavy atom. The van der Waals surface area contributed by atoms with E-state index in [-0.39, 0.29) is 8.41 Å². The van der Waals surface area contributed by atoms with E-state index in [9.17, 15) is 0 Å². The third-order valence-corrected chi connectivity index (χ3v) is 4.80. The van der Waals surface area contributed by atoms with Crippen molar-refractivity contribution in [1.29, 1.82) is 0 Å². The molecule has 0 aromatic heterocycles. The quantitative estimate of drug-likeness (QED) is 0.598. The Kier molecular flexibility index (Phi) is 7.17. The van der Waals surface area contributed by atoms with Crippen LogP contribution in [0, 0.1) is 0 Å². The summed E-state index contributed by atoms with van der Waals surface area (Å²) < 4.78 is 5.09. The lowest BCUT2D eigenvalue weighted by atomic mass is 10.4. The molecule has 1 nitrogen and oxygen atoms in total. The van der Waals surface area contributed by atoms with Gasteiger partial charge in [-0.15, -0.1) is 0 Å². The monoisotopic (exact) mass is 267 g/mol. The van der Waals surface area contributed by atoms with E-state index in [1.54, 1.807) is 7.11 Å². The number of methoxy groups -OCH3 is 1. The van der Waals surface area contributed by atoms with Crippen LogP contribution < -0.4 is 10.6 Å². The predicted molar refractivity (Wildman–Crippen MR) is 85.8 cm³/mol. The molecule has 2 aromatic rings. The van der Waals surface area contributed by atoms with Gasteiger partial charge in [0.1, 0.15) is 0 Å². The van der Waals surface area contributed by atoms with Crippen molar-refractivity contribution in [2.24, 2.45) is 0 Å². The van der Waals surface area contributed by atoms with Gasteiger partial charge >= 0.3 is 0 Å². The van der Waals surface area contributed by atoms with E-state index < -0.39 is 7.92 Å². The van der Waals surface area contributed by atoms with Gasteiger partial charge in [-0.05, 0) is 18.5 Å². The standard InChI is InChI=1S/C16H17OP.B/c1-17-13-8-14-18(15-9-4-2-5-10-15)16-11-6-3-7-12-16;/h2-12,14H,13H2,1H3;/b14-8-;. The van der Waals surface area contributed by atoms with E-state index in [4.69, 9.17) is 4.74 Å². The number of rotatable bonds is 5. The molecule has 0 N–H and O–H groups in total. The first-order chi connectivity index (χ1) is 8.92. The van der Waals surface area contributed by atoms with Crippen molar-refractivity contribution in [3.05, 3.63) is 72.6 Å². The van der Waals surface area contributed by atoms with Crippen molar-refractivity contribution in [1.82, 2.24) is 0 Å². The number of benzene rings is 2. The normalized spacial score (nSPS) is 10.6. The van der Waals surface area contributed by atoms with Gasteiger partial charge in [-0.2, -0.15) is 0 Å². The largest absolute Gasteiger partial charge is 0.381 e. The highest BCUT2D eigenvalue weighted by Gasteiger charge is 2.08. The van der Waals surface area contributed by atoms with Crippen LogP contribution in [0.25, 0.3) is 0 Å². The minimum atomic E-state index is -0.423. The third-order valence-electron chi connectivity index (χ3n) is 2.59. The first-order valence-electron chi connectivity index (χ1n) is 5.97. The molecule has 95 valence electrons. The molecule has 0 saturated carbocycles. The molecule has 0 saturated heterocycles. The fraction of sp³-hybridized carbons (Fsp3) is 0.125. The summed E-state index contributed by atoms with van der Waals surface area (Å²) in [6, 6.07) is 21.3. The predicted octanol–water partition coefficient (Wildman–Crippen LogP) is 2.90. The molecule has 0 spiro atoms. The van der Waals surface area contributed by atoms with Gasteiger partial charge in [0.15, 0.2) is 0 Å². The molecule has 2 rings (SSSR count). The SMILES string of the molecule is COC/C=C\P(c1ccccc1)c1ccccc1.[B]. The first kappa shape index (κ1) is 15.7. The molecular weight excluding hydrogens is 250 g/mol. The van der Waals surface area contributed by atoms with Crippen LogP contribution in [0.2, 0.25) is 0 Å². The van der Waals surface area contributed by atoms with Crippen LogP contribution in [0.15, 0.2) is 72.6 Å². The molecule has 0 aliphatic rings. The fourth-order valence-electron chi connectivity index (χ4n) is 1.74. The van der Waals surface area contributed by atoms with Crippen LogP contribution in [0.4, 0.5) is 0 Å². The van der Waals surface area contributed by atoms with Gasteiger partial charge < -0.3 is 4.74 Å². The van der Waals surface area contributed by atoms with E-state index in [2.05, 4.69) is 72.6 Å². The summed E-state index contributed by atoms with van der Waals surface area (Å²) >= 11 is 0. The Labute approximate surface area is 118 Å². The minimum absolute atomic E-state index is 0. The minimum Gasteiger partial charge on any atom is -0.381 e. The summed E-state index contributed by atoms with van der Waals surface area (Å²) in [7, 11) is 1.30. The Hall–Kier alpha value is -1.37. The summed E-state index contributed by atoms with van der Waals surface area (Å²) in [6.45, 7) is 0.665. The van der Waals surface area contributed by atoms with E-state index in [0.29, 0.717) is 6.61 Å². The molecule has 3 heteroatoms. The highest BCUT2D eigenvalue weighted by Crippen LogP contribution is 2.34.